The molecule has 2 aromatic carbocycles. The number of nitrogens with two attached hydrogens (primary N) is 1. The summed E-state index contributed by atoms with van der Waals surface area (Å²) >= 11 is 6.06. The fraction of sp³-hybridized carbons (Fsp3) is 0.200. The molecule has 2 aromatic rings. The van der Waals surface area contributed by atoms with Gasteiger partial charge in [-0.15, -0.1) is 0 Å². The maximum Gasteiger partial charge on any atom is 0.173 e. The molecule has 3 heteroatoms. The van der Waals surface area contributed by atoms with E-state index in [1.54, 1.807) is 36.4 Å². The molecular weight excluding hydrogens is 249 g/mol. The molecule has 0 saturated heterocycles. The SMILES string of the molecule is Cc1ccc(C(F)(CN)c2ccccc2)cc1Cl. The third-order valence-corrected chi connectivity index (χ3v) is 3.55. The third kappa shape index (κ3) is 2.26. The average molecular weight is 264 g/mol. The van der Waals surface area contributed by atoms with Crippen LogP contribution in [-0.2, 0) is 5.67 Å². The molecule has 0 heterocycles. The predicted molar refractivity (Wildman–Crippen MR) is 73.6 cm³/mol. The van der Waals surface area contributed by atoms with E-state index in [2.05, 4.69) is 0 Å². The minimum atomic E-state index is -1.70. The van der Waals surface area contributed by atoms with E-state index in [0.717, 1.165) is 5.56 Å². The Morgan fingerprint density at radius 1 is 1.11 bits per heavy atom. The summed E-state index contributed by atoms with van der Waals surface area (Å²) in [5, 5.41) is 0.555. The number of alkyl halides is 1. The van der Waals surface area contributed by atoms with Gasteiger partial charge < -0.3 is 5.73 Å². The zero-order chi connectivity index (χ0) is 13.2. The first-order valence-corrected chi connectivity index (χ1v) is 6.17. The molecule has 0 spiro atoms. The number of halogens is 2. The summed E-state index contributed by atoms with van der Waals surface area (Å²) in [5.41, 5.74) is 5.91. The first kappa shape index (κ1) is 13.1. The van der Waals surface area contributed by atoms with Gasteiger partial charge in [-0.3, -0.25) is 0 Å². The fourth-order valence-electron chi connectivity index (χ4n) is 1.94. The summed E-state index contributed by atoms with van der Waals surface area (Å²) in [7, 11) is 0. The van der Waals surface area contributed by atoms with Crippen LogP contribution in [0.15, 0.2) is 48.5 Å². The molecule has 0 saturated carbocycles. The molecule has 94 valence electrons. The third-order valence-electron chi connectivity index (χ3n) is 3.14. The highest BCUT2D eigenvalue weighted by Crippen LogP contribution is 2.34. The molecular formula is C15H15ClFN. The van der Waals surface area contributed by atoms with Gasteiger partial charge in [0.1, 0.15) is 0 Å². The van der Waals surface area contributed by atoms with Gasteiger partial charge in [-0.05, 0) is 29.7 Å². The standard InChI is InChI=1S/C15H15ClFN/c1-11-7-8-13(9-14(11)16)15(17,10-18)12-5-3-2-4-6-12/h2-9H,10,18H2,1H3. The molecule has 1 atom stereocenters. The van der Waals surface area contributed by atoms with Crippen molar-refractivity contribution >= 4 is 11.6 Å². The summed E-state index contributed by atoms with van der Waals surface area (Å²) < 4.78 is 15.1. The van der Waals surface area contributed by atoms with Gasteiger partial charge in [0.25, 0.3) is 0 Å². The Hall–Kier alpha value is -1.38. The van der Waals surface area contributed by atoms with Gasteiger partial charge in [0, 0.05) is 11.6 Å². The molecule has 0 radical (unpaired) electrons. The highest BCUT2D eigenvalue weighted by atomic mass is 35.5. The van der Waals surface area contributed by atoms with E-state index in [4.69, 9.17) is 17.3 Å². The summed E-state index contributed by atoms with van der Waals surface area (Å²) in [5.74, 6) is 0. The first-order chi connectivity index (χ1) is 8.58. The monoisotopic (exact) mass is 263 g/mol. The summed E-state index contributed by atoms with van der Waals surface area (Å²) in [6, 6.07) is 14.1. The zero-order valence-corrected chi connectivity index (χ0v) is 10.9. The molecule has 0 bridgehead atoms. The zero-order valence-electron chi connectivity index (χ0n) is 10.2. The molecule has 0 aliphatic rings. The Kier molecular flexibility index (Phi) is 3.69. The van der Waals surface area contributed by atoms with Gasteiger partial charge in [0.2, 0.25) is 0 Å². The van der Waals surface area contributed by atoms with E-state index in [1.807, 2.05) is 19.1 Å². The van der Waals surface area contributed by atoms with Crippen molar-refractivity contribution in [2.75, 3.05) is 6.54 Å². The molecule has 18 heavy (non-hydrogen) atoms. The van der Waals surface area contributed by atoms with Gasteiger partial charge in [-0.1, -0.05) is 54.1 Å². The number of hydrogen-bond acceptors (Lipinski definition) is 1. The molecule has 0 aliphatic heterocycles. The lowest BCUT2D eigenvalue weighted by Gasteiger charge is -2.25. The lowest BCUT2D eigenvalue weighted by Crippen LogP contribution is -2.31. The van der Waals surface area contributed by atoms with Crippen molar-refractivity contribution in [3.63, 3.8) is 0 Å². The van der Waals surface area contributed by atoms with Crippen LogP contribution in [0.3, 0.4) is 0 Å². The van der Waals surface area contributed by atoms with Gasteiger partial charge in [-0.2, -0.15) is 0 Å². The van der Waals surface area contributed by atoms with Crippen molar-refractivity contribution in [3.8, 4) is 0 Å². The van der Waals surface area contributed by atoms with Gasteiger partial charge in [-0.25, -0.2) is 4.39 Å². The van der Waals surface area contributed by atoms with Crippen molar-refractivity contribution in [2.45, 2.75) is 12.6 Å². The van der Waals surface area contributed by atoms with Crippen molar-refractivity contribution in [1.29, 1.82) is 0 Å². The van der Waals surface area contributed by atoms with Crippen LogP contribution in [-0.4, -0.2) is 6.54 Å². The number of hydrogen-bond donors (Lipinski definition) is 1. The molecule has 0 aromatic heterocycles. The molecule has 0 fully saturated rings. The van der Waals surface area contributed by atoms with E-state index in [0.29, 0.717) is 16.1 Å². The normalized spacial score (nSPS) is 14.2. The van der Waals surface area contributed by atoms with Gasteiger partial charge >= 0.3 is 0 Å². The van der Waals surface area contributed by atoms with E-state index < -0.39 is 5.67 Å². The van der Waals surface area contributed by atoms with Crippen LogP contribution in [0, 0.1) is 6.92 Å². The Labute approximate surface area is 111 Å². The van der Waals surface area contributed by atoms with Crippen molar-refractivity contribution in [3.05, 3.63) is 70.2 Å². The second kappa shape index (κ2) is 5.09. The highest BCUT2D eigenvalue weighted by Gasteiger charge is 2.32. The van der Waals surface area contributed by atoms with Crippen LogP contribution >= 0.6 is 11.6 Å². The molecule has 0 amide bonds. The molecule has 0 aliphatic carbocycles. The van der Waals surface area contributed by atoms with Crippen molar-refractivity contribution < 1.29 is 4.39 Å². The van der Waals surface area contributed by atoms with Crippen molar-refractivity contribution in [1.82, 2.24) is 0 Å². The summed E-state index contributed by atoms with van der Waals surface area (Å²) in [6.45, 7) is 1.77. The second-order valence-electron chi connectivity index (χ2n) is 4.34. The van der Waals surface area contributed by atoms with E-state index in [9.17, 15) is 0 Å². The first-order valence-electron chi connectivity index (χ1n) is 5.79. The average Bonchev–Trinajstić information content (AvgIpc) is 2.42. The molecule has 1 nitrogen and oxygen atoms in total. The molecule has 2 N–H and O–H groups in total. The minimum Gasteiger partial charge on any atom is -0.327 e. The summed E-state index contributed by atoms with van der Waals surface area (Å²) in [6.07, 6.45) is 0. The predicted octanol–water partition coefficient (Wildman–Crippen LogP) is 3.82. The topological polar surface area (TPSA) is 26.0 Å². The Bertz CT molecular complexity index is 541. The maximum atomic E-state index is 15.1. The fourth-order valence-corrected chi connectivity index (χ4v) is 2.12. The second-order valence-corrected chi connectivity index (χ2v) is 4.74. The number of benzene rings is 2. The van der Waals surface area contributed by atoms with Crippen LogP contribution in [0.25, 0.3) is 0 Å². The highest BCUT2D eigenvalue weighted by molar-refractivity contribution is 6.31. The van der Waals surface area contributed by atoms with E-state index >= 15 is 4.39 Å². The van der Waals surface area contributed by atoms with E-state index in [-0.39, 0.29) is 6.54 Å². The quantitative estimate of drug-likeness (QED) is 0.895. The number of aryl methyl sites for hydroxylation is 1. The smallest absolute Gasteiger partial charge is 0.173 e. The maximum absolute atomic E-state index is 15.1. The van der Waals surface area contributed by atoms with Crippen LogP contribution in [0.2, 0.25) is 5.02 Å². The van der Waals surface area contributed by atoms with E-state index in [1.165, 1.54) is 0 Å². The van der Waals surface area contributed by atoms with Crippen LogP contribution in [0.5, 0.6) is 0 Å². The van der Waals surface area contributed by atoms with Crippen LogP contribution < -0.4 is 5.73 Å². The number of rotatable bonds is 3. The lowest BCUT2D eigenvalue weighted by atomic mass is 9.88. The van der Waals surface area contributed by atoms with Crippen LogP contribution in [0.1, 0.15) is 16.7 Å². The summed E-state index contributed by atoms with van der Waals surface area (Å²) in [4.78, 5) is 0. The van der Waals surface area contributed by atoms with Gasteiger partial charge in [0.05, 0.1) is 0 Å². The largest absolute Gasteiger partial charge is 0.327 e. The lowest BCUT2D eigenvalue weighted by molar-refractivity contribution is 0.232. The molecule has 1 unspecified atom stereocenters. The Morgan fingerprint density at radius 3 is 2.33 bits per heavy atom. The minimum absolute atomic E-state index is 0.115. The van der Waals surface area contributed by atoms with Gasteiger partial charge in [0.15, 0.2) is 5.67 Å². The Morgan fingerprint density at radius 2 is 1.78 bits per heavy atom. The van der Waals surface area contributed by atoms with Crippen molar-refractivity contribution in [2.24, 2.45) is 5.73 Å². The Balaban J connectivity index is 2.53. The van der Waals surface area contributed by atoms with Crippen LogP contribution in [0.4, 0.5) is 4.39 Å². The molecule has 2 rings (SSSR count).